The summed E-state index contributed by atoms with van der Waals surface area (Å²) in [5.74, 6) is 1.84. The van der Waals surface area contributed by atoms with Crippen LogP contribution >= 0.6 is 0 Å². The lowest BCUT2D eigenvalue weighted by Crippen LogP contribution is -2.55. The number of carbonyl (C=O) groups is 2. The summed E-state index contributed by atoms with van der Waals surface area (Å²) in [7, 11) is 0. The molecule has 4 nitrogen and oxygen atoms in total. The number of benzene rings is 1. The van der Waals surface area contributed by atoms with E-state index in [0.29, 0.717) is 25.3 Å². The zero-order valence-electron chi connectivity index (χ0n) is 20.6. The molecule has 32 heavy (non-hydrogen) atoms. The summed E-state index contributed by atoms with van der Waals surface area (Å²) in [6, 6.07) is 9.01. The number of hydrogen-bond acceptors (Lipinski definition) is 3. The number of carbonyl (C=O) groups excluding carboxylic acids is 2. The first-order valence-corrected chi connectivity index (χ1v) is 13.1. The fourth-order valence-corrected chi connectivity index (χ4v) is 6.65. The molecule has 1 aromatic rings. The van der Waals surface area contributed by atoms with Gasteiger partial charge in [-0.25, -0.2) is 0 Å². The van der Waals surface area contributed by atoms with E-state index in [1.807, 2.05) is 32.0 Å². The Morgan fingerprint density at radius 2 is 1.53 bits per heavy atom. The number of likely N-dealkylation sites (tertiary alicyclic amines) is 1. The van der Waals surface area contributed by atoms with Crippen molar-refractivity contribution in [1.82, 2.24) is 4.90 Å². The van der Waals surface area contributed by atoms with Crippen LogP contribution in [-0.2, 0) is 16.0 Å². The third-order valence-electron chi connectivity index (χ3n) is 9.04. The molecule has 1 aromatic carbocycles. The molecule has 1 amide bonds. The Kier molecular flexibility index (Phi) is 7.09. The van der Waals surface area contributed by atoms with Gasteiger partial charge in [-0.15, -0.1) is 0 Å². The van der Waals surface area contributed by atoms with Crippen molar-refractivity contribution < 1.29 is 9.59 Å². The number of piperidine rings is 1. The minimum absolute atomic E-state index is 0.0494. The van der Waals surface area contributed by atoms with Crippen LogP contribution in [0.2, 0.25) is 0 Å². The topological polar surface area (TPSA) is 40.6 Å². The van der Waals surface area contributed by atoms with E-state index in [-0.39, 0.29) is 17.7 Å². The Morgan fingerprint density at radius 3 is 2.12 bits per heavy atom. The van der Waals surface area contributed by atoms with E-state index in [4.69, 9.17) is 0 Å². The standard InChI is InChI=1S/C28H42N2O2/c1-5-28(6-2)26(31)19-22-9-7-8-10-25(22)30(27(28)32)24-15-17-29(18-16-24)23-13-11-21(12-14-23)20(3)4/h7-10,20-21,23-24H,5-6,11-19H2,1-4H3. The van der Waals surface area contributed by atoms with Crippen molar-refractivity contribution in [3.05, 3.63) is 29.8 Å². The van der Waals surface area contributed by atoms with E-state index in [1.165, 1.54) is 25.7 Å². The second kappa shape index (κ2) is 9.67. The molecule has 2 aliphatic heterocycles. The number of fused-ring (bicyclic) bond motifs is 1. The third-order valence-corrected chi connectivity index (χ3v) is 9.04. The molecule has 2 fully saturated rings. The van der Waals surface area contributed by atoms with Gasteiger partial charge in [-0.3, -0.25) is 9.59 Å². The minimum atomic E-state index is -0.870. The van der Waals surface area contributed by atoms with Crippen molar-refractivity contribution >= 4 is 17.4 Å². The minimum Gasteiger partial charge on any atom is -0.308 e. The van der Waals surface area contributed by atoms with Gasteiger partial charge in [0.1, 0.15) is 5.41 Å². The molecule has 0 radical (unpaired) electrons. The van der Waals surface area contributed by atoms with Gasteiger partial charge in [0.15, 0.2) is 5.78 Å². The maximum Gasteiger partial charge on any atom is 0.240 e. The average molecular weight is 439 g/mol. The summed E-state index contributed by atoms with van der Waals surface area (Å²) in [6.45, 7) is 10.9. The zero-order chi connectivity index (χ0) is 22.9. The summed E-state index contributed by atoms with van der Waals surface area (Å²) < 4.78 is 0. The predicted octanol–water partition coefficient (Wildman–Crippen LogP) is 5.63. The van der Waals surface area contributed by atoms with Crippen molar-refractivity contribution in [2.75, 3.05) is 18.0 Å². The van der Waals surface area contributed by atoms with Crippen LogP contribution in [0.15, 0.2) is 24.3 Å². The Labute approximate surface area is 194 Å². The maximum atomic E-state index is 14.0. The Morgan fingerprint density at radius 1 is 0.906 bits per heavy atom. The Bertz CT molecular complexity index is 812. The second-order valence-electron chi connectivity index (χ2n) is 10.8. The van der Waals surface area contributed by atoms with E-state index in [0.717, 1.165) is 49.0 Å². The van der Waals surface area contributed by atoms with E-state index >= 15 is 0 Å². The van der Waals surface area contributed by atoms with E-state index in [1.54, 1.807) is 0 Å². The number of Topliss-reactive ketones (excluding diaryl/α,β-unsaturated/α-hetero) is 1. The lowest BCUT2D eigenvalue weighted by molar-refractivity contribution is -0.140. The molecule has 176 valence electrons. The molecule has 0 spiro atoms. The molecule has 0 N–H and O–H groups in total. The quantitative estimate of drug-likeness (QED) is 0.559. The van der Waals surface area contributed by atoms with Gasteiger partial charge in [0.05, 0.1) is 0 Å². The van der Waals surface area contributed by atoms with Crippen molar-refractivity contribution in [3.8, 4) is 0 Å². The molecular formula is C28H42N2O2. The van der Waals surface area contributed by atoms with Crippen LogP contribution in [0.5, 0.6) is 0 Å². The first-order valence-electron chi connectivity index (χ1n) is 13.1. The number of hydrogen-bond donors (Lipinski definition) is 0. The molecule has 0 unspecified atom stereocenters. The molecule has 3 aliphatic rings. The molecule has 0 aromatic heterocycles. The third kappa shape index (κ3) is 4.16. The summed E-state index contributed by atoms with van der Waals surface area (Å²) in [5.41, 5.74) is 1.13. The average Bonchev–Trinajstić information content (AvgIpc) is 2.91. The lowest BCUT2D eigenvalue weighted by Gasteiger charge is -2.45. The van der Waals surface area contributed by atoms with E-state index in [2.05, 4.69) is 29.7 Å². The highest BCUT2D eigenvalue weighted by Crippen LogP contribution is 2.41. The predicted molar refractivity (Wildman–Crippen MR) is 131 cm³/mol. The van der Waals surface area contributed by atoms with Crippen molar-refractivity contribution in [2.24, 2.45) is 17.3 Å². The van der Waals surface area contributed by atoms with Gasteiger partial charge in [0.25, 0.3) is 0 Å². The molecule has 0 bridgehead atoms. The first-order chi connectivity index (χ1) is 15.4. The van der Waals surface area contributed by atoms with Crippen LogP contribution in [0, 0.1) is 17.3 Å². The monoisotopic (exact) mass is 438 g/mol. The first kappa shape index (κ1) is 23.5. The van der Waals surface area contributed by atoms with Gasteiger partial charge in [0, 0.05) is 37.3 Å². The van der Waals surface area contributed by atoms with Gasteiger partial charge in [-0.1, -0.05) is 45.9 Å². The fourth-order valence-electron chi connectivity index (χ4n) is 6.65. The zero-order valence-corrected chi connectivity index (χ0v) is 20.6. The number of nitrogens with zero attached hydrogens (tertiary/aromatic N) is 2. The van der Waals surface area contributed by atoms with Crippen molar-refractivity contribution in [3.63, 3.8) is 0 Å². The highest BCUT2D eigenvalue weighted by molar-refractivity contribution is 6.15. The van der Waals surface area contributed by atoms with Crippen molar-refractivity contribution in [1.29, 1.82) is 0 Å². The second-order valence-corrected chi connectivity index (χ2v) is 10.8. The van der Waals surface area contributed by atoms with Crippen LogP contribution in [0.1, 0.15) is 84.6 Å². The largest absolute Gasteiger partial charge is 0.308 e. The number of amides is 1. The maximum absolute atomic E-state index is 14.0. The van der Waals surface area contributed by atoms with Crippen LogP contribution < -0.4 is 4.90 Å². The van der Waals surface area contributed by atoms with Crippen LogP contribution in [0.4, 0.5) is 5.69 Å². The number of anilines is 1. The smallest absolute Gasteiger partial charge is 0.240 e. The molecule has 2 heterocycles. The Hall–Kier alpha value is -1.68. The van der Waals surface area contributed by atoms with Gasteiger partial charge < -0.3 is 9.80 Å². The van der Waals surface area contributed by atoms with Gasteiger partial charge in [-0.2, -0.15) is 0 Å². The highest BCUT2D eigenvalue weighted by Gasteiger charge is 2.49. The van der Waals surface area contributed by atoms with Crippen LogP contribution in [0.25, 0.3) is 0 Å². The lowest BCUT2D eigenvalue weighted by atomic mass is 9.75. The normalized spacial score (nSPS) is 27.5. The molecular weight excluding hydrogens is 396 g/mol. The summed E-state index contributed by atoms with van der Waals surface area (Å²) in [5, 5.41) is 0. The highest BCUT2D eigenvalue weighted by atomic mass is 16.2. The van der Waals surface area contributed by atoms with Gasteiger partial charge >= 0.3 is 0 Å². The van der Waals surface area contributed by atoms with Gasteiger partial charge in [-0.05, 0) is 74.8 Å². The Balaban J connectivity index is 1.51. The number of ketones is 1. The number of para-hydroxylation sites is 1. The molecule has 4 heteroatoms. The molecule has 0 atom stereocenters. The summed E-state index contributed by atoms with van der Waals surface area (Å²) in [6.07, 6.45) is 8.91. The molecule has 1 aliphatic carbocycles. The SMILES string of the molecule is CCC1(CC)C(=O)Cc2ccccc2N(C2CCN(C3CCC(C(C)C)CC3)CC2)C1=O. The van der Waals surface area contributed by atoms with Crippen LogP contribution in [0.3, 0.4) is 0 Å². The molecule has 1 saturated heterocycles. The van der Waals surface area contributed by atoms with E-state index in [9.17, 15) is 9.59 Å². The fraction of sp³-hybridized carbons (Fsp3) is 0.714. The molecule has 4 rings (SSSR count). The van der Waals surface area contributed by atoms with Crippen molar-refractivity contribution in [2.45, 2.75) is 97.6 Å². The summed E-state index contributed by atoms with van der Waals surface area (Å²) in [4.78, 5) is 32.0. The van der Waals surface area contributed by atoms with Crippen LogP contribution in [-0.4, -0.2) is 41.8 Å². The molecule has 1 saturated carbocycles. The number of rotatable bonds is 5. The van der Waals surface area contributed by atoms with Gasteiger partial charge in [0.2, 0.25) is 5.91 Å². The van der Waals surface area contributed by atoms with E-state index < -0.39 is 5.41 Å². The summed E-state index contributed by atoms with van der Waals surface area (Å²) >= 11 is 0.